The molecular formula is C15H16N2O4. The molecule has 1 N–H and O–H groups in total. The van der Waals surface area contributed by atoms with Crippen LogP contribution >= 0.6 is 0 Å². The number of carboxylic acids is 1. The van der Waals surface area contributed by atoms with Gasteiger partial charge in [0.2, 0.25) is 0 Å². The summed E-state index contributed by atoms with van der Waals surface area (Å²) in [4.78, 5) is 22.7. The average Bonchev–Trinajstić information content (AvgIpc) is 2.48. The van der Waals surface area contributed by atoms with Crippen molar-refractivity contribution >= 4 is 5.97 Å². The van der Waals surface area contributed by atoms with Crippen LogP contribution in [0.3, 0.4) is 0 Å². The average molecular weight is 288 g/mol. The monoisotopic (exact) mass is 288 g/mol. The van der Waals surface area contributed by atoms with Crippen molar-refractivity contribution in [3.63, 3.8) is 0 Å². The van der Waals surface area contributed by atoms with Gasteiger partial charge in [0.15, 0.2) is 6.04 Å². The Balaban J connectivity index is 2.38. The molecule has 21 heavy (non-hydrogen) atoms. The van der Waals surface area contributed by atoms with Crippen molar-refractivity contribution in [2.24, 2.45) is 0 Å². The summed E-state index contributed by atoms with van der Waals surface area (Å²) in [5.74, 6) is -0.359. The number of carboxylic acid groups (broad SMARTS) is 1. The van der Waals surface area contributed by atoms with E-state index in [0.29, 0.717) is 12.3 Å². The number of benzene rings is 1. The minimum absolute atomic E-state index is 0.445. The normalized spacial score (nSPS) is 11.9. The van der Waals surface area contributed by atoms with Crippen LogP contribution in [0.2, 0.25) is 0 Å². The van der Waals surface area contributed by atoms with Crippen LogP contribution in [0.1, 0.15) is 19.9 Å². The van der Waals surface area contributed by atoms with Crippen LogP contribution in [0.25, 0.3) is 11.3 Å². The van der Waals surface area contributed by atoms with Crippen molar-refractivity contribution < 1.29 is 14.6 Å². The molecule has 1 atom stereocenters. The first kappa shape index (κ1) is 14.8. The summed E-state index contributed by atoms with van der Waals surface area (Å²) in [6.07, 6.45) is 0. The lowest BCUT2D eigenvalue weighted by atomic mass is 10.1. The molecule has 0 aliphatic rings. The zero-order valence-electron chi connectivity index (χ0n) is 11.8. The summed E-state index contributed by atoms with van der Waals surface area (Å²) in [7, 11) is 0. The molecule has 2 rings (SSSR count). The smallest absolute Gasteiger partial charge is 0.328 e. The molecule has 2 aromatic rings. The zero-order chi connectivity index (χ0) is 15.4. The highest BCUT2D eigenvalue weighted by Gasteiger charge is 2.16. The molecule has 0 aliphatic heterocycles. The van der Waals surface area contributed by atoms with Gasteiger partial charge in [-0.2, -0.15) is 5.10 Å². The fraction of sp³-hybridized carbons (Fsp3) is 0.267. The first-order valence-corrected chi connectivity index (χ1v) is 6.59. The molecule has 0 bridgehead atoms. The van der Waals surface area contributed by atoms with Crippen molar-refractivity contribution in [1.82, 2.24) is 9.78 Å². The van der Waals surface area contributed by atoms with Crippen LogP contribution in [0.5, 0.6) is 5.75 Å². The number of hydrogen-bond acceptors (Lipinski definition) is 4. The van der Waals surface area contributed by atoms with Crippen LogP contribution in [-0.4, -0.2) is 27.5 Å². The molecule has 0 aliphatic carbocycles. The Hall–Kier alpha value is -2.63. The maximum atomic E-state index is 11.7. The molecule has 0 fully saturated rings. The SMILES string of the molecule is CCOc1ccc(-c2ccc(=O)n(C(C)C(=O)O)n2)cc1. The van der Waals surface area contributed by atoms with E-state index in [-0.39, 0.29) is 0 Å². The van der Waals surface area contributed by atoms with E-state index in [1.54, 1.807) is 18.2 Å². The van der Waals surface area contributed by atoms with Crippen LogP contribution in [-0.2, 0) is 4.79 Å². The molecule has 0 radical (unpaired) electrons. The van der Waals surface area contributed by atoms with Gasteiger partial charge in [-0.25, -0.2) is 9.48 Å². The molecule has 0 saturated heterocycles. The van der Waals surface area contributed by atoms with Crippen LogP contribution in [0.4, 0.5) is 0 Å². The summed E-state index contributed by atoms with van der Waals surface area (Å²) < 4.78 is 6.32. The molecule has 6 heteroatoms. The van der Waals surface area contributed by atoms with Gasteiger partial charge in [-0.3, -0.25) is 4.79 Å². The van der Waals surface area contributed by atoms with Crippen molar-refractivity contribution in [3.8, 4) is 17.0 Å². The molecule has 1 heterocycles. The van der Waals surface area contributed by atoms with Crippen molar-refractivity contribution in [2.45, 2.75) is 19.9 Å². The second kappa shape index (κ2) is 6.21. The van der Waals surface area contributed by atoms with Crippen molar-refractivity contribution in [2.75, 3.05) is 6.61 Å². The van der Waals surface area contributed by atoms with Gasteiger partial charge in [0.25, 0.3) is 5.56 Å². The van der Waals surface area contributed by atoms with E-state index in [1.165, 1.54) is 13.0 Å². The van der Waals surface area contributed by atoms with Crippen molar-refractivity contribution in [3.05, 3.63) is 46.8 Å². The van der Waals surface area contributed by atoms with Gasteiger partial charge in [0.1, 0.15) is 5.75 Å². The van der Waals surface area contributed by atoms with Crippen LogP contribution in [0.15, 0.2) is 41.2 Å². The van der Waals surface area contributed by atoms with E-state index in [9.17, 15) is 9.59 Å². The third kappa shape index (κ3) is 3.28. The highest BCUT2D eigenvalue weighted by Crippen LogP contribution is 2.20. The largest absolute Gasteiger partial charge is 0.494 e. The lowest BCUT2D eigenvalue weighted by molar-refractivity contribution is -0.140. The Morgan fingerprint density at radius 2 is 1.95 bits per heavy atom. The van der Waals surface area contributed by atoms with Gasteiger partial charge in [-0.05, 0) is 44.2 Å². The maximum Gasteiger partial charge on any atom is 0.328 e. The molecule has 1 aromatic heterocycles. The highest BCUT2D eigenvalue weighted by atomic mass is 16.5. The Labute approximate surface area is 121 Å². The van der Waals surface area contributed by atoms with Gasteiger partial charge in [0.05, 0.1) is 12.3 Å². The molecule has 110 valence electrons. The minimum Gasteiger partial charge on any atom is -0.494 e. The third-order valence-corrected chi connectivity index (χ3v) is 3.01. The van der Waals surface area contributed by atoms with Gasteiger partial charge < -0.3 is 9.84 Å². The second-order valence-electron chi connectivity index (χ2n) is 4.47. The highest BCUT2D eigenvalue weighted by molar-refractivity contribution is 5.71. The molecule has 1 unspecified atom stereocenters. The Kier molecular flexibility index (Phi) is 4.37. The van der Waals surface area contributed by atoms with E-state index in [4.69, 9.17) is 9.84 Å². The first-order chi connectivity index (χ1) is 10.0. The molecular weight excluding hydrogens is 272 g/mol. The number of hydrogen-bond donors (Lipinski definition) is 1. The number of carbonyl (C=O) groups is 1. The molecule has 1 aromatic carbocycles. The van der Waals surface area contributed by atoms with Gasteiger partial charge in [0, 0.05) is 11.6 Å². The quantitative estimate of drug-likeness (QED) is 0.909. The second-order valence-corrected chi connectivity index (χ2v) is 4.47. The van der Waals surface area contributed by atoms with Gasteiger partial charge in [-0.15, -0.1) is 0 Å². The molecule has 0 saturated carbocycles. The van der Waals surface area contributed by atoms with E-state index >= 15 is 0 Å². The standard InChI is InChI=1S/C15H16N2O4/c1-3-21-12-6-4-11(5-7-12)13-8-9-14(18)17(16-13)10(2)15(19)20/h4-10H,3H2,1-2H3,(H,19,20). The summed E-state index contributed by atoms with van der Waals surface area (Å²) in [6.45, 7) is 3.90. The van der Waals surface area contributed by atoms with Crippen molar-refractivity contribution in [1.29, 1.82) is 0 Å². The predicted octanol–water partition coefficient (Wildman–Crippen LogP) is 1.95. The van der Waals surface area contributed by atoms with E-state index in [2.05, 4.69) is 5.10 Å². The predicted molar refractivity (Wildman–Crippen MR) is 77.4 cm³/mol. The van der Waals surface area contributed by atoms with E-state index in [0.717, 1.165) is 16.0 Å². The van der Waals surface area contributed by atoms with Gasteiger partial charge >= 0.3 is 5.97 Å². The summed E-state index contributed by atoms with van der Waals surface area (Å²) in [5, 5.41) is 13.1. The fourth-order valence-corrected chi connectivity index (χ4v) is 1.85. The maximum absolute atomic E-state index is 11.7. The van der Waals surface area contributed by atoms with Crippen LogP contribution < -0.4 is 10.3 Å². The first-order valence-electron chi connectivity index (χ1n) is 6.59. The molecule has 6 nitrogen and oxygen atoms in total. The molecule has 0 amide bonds. The topological polar surface area (TPSA) is 81.4 Å². The van der Waals surface area contributed by atoms with E-state index < -0.39 is 17.6 Å². The lowest BCUT2D eigenvalue weighted by Gasteiger charge is -2.11. The lowest BCUT2D eigenvalue weighted by Crippen LogP contribution is -2.29. The minimum atomic E-state index is -1.10. The van der Waals surface area contributed by atoms with Gasteiger partial charge in [-0.1, -0.05) is 0 Å². The van der Waals surface area contributed by atoms with Crippen LogP contribution in [0, 0.1) is 0 Å². The Morgan fingerprint density at radius 1 is 1.29 bits per heavy atom. The number of ether oxygens (including phenoxy) is 1. The number of nitrogens with zero attached hydrogens (tertiary/aromatic N) is 2. The molecule has 0 spiro atoms. The number of rotatable bonds is 5. The third-order valence-electron chi connectivity index (χ3n) is 3.01. The fourth-order valence-electron chi connectivity index (χ4n) is 1.85. The Bertz CT molecular complexity index is 692. The Morgan fingerprint density at radius 3 is 2.52 bits per heavy atom. The summed E-state index contributed by atoms with van der Waals surface area (Å²) in [5.41, 5.74) is 0.870. The zero-order valence-corrected chi connectivity index (χ0v) is 11.8. The summed E-state index contributed by atoms with van der Waals surface area (Å²) >= 11 is 0. The summed E-state index contributed by atoms with van der Waals surface area (Å²) in [6, 6.07) is 9.11. The van der Waals surface area contributed by atoms with E-state index in [1.807, 2.05) is 19.1 Å². The number of aliphatic carboxylic acids is 1. The number of aromatic nitrogens is 2.